The number of para-hydroxylation sites is 1. The summed E-state index contributed by atoms with van der Waals surface area (Å²) >= 11 is 1.63. The molecule has 1 aromatic heterocycles. The summed E-state index contributed by atoms with van der Waals surface area (Å²) in [6.07, 6.45) is 0. The number of hydrogen-bond acceptors (Lipinski definition) is 4. The molecule has 0 aliphatic heterocycles. The lowest BCUT2D eigenvalue weighted by molar-refractivity contribution is -0.652. The second-order valence-corrected chi connectivity index (χ2v) is 5.70. The zero-order valence-electron chi connectivity index (χ0n) is 12.4. The van der Waals surface area contributed by atoms with Crippen LogP contribution in [0.25, 0.3) is 10.2 Å². The van der Waals surface area contributed by atoms with E-state index >= 15 is 0 Å². The average molecular weight is 314 g/mol. The van der Waals surface area contributed by atoms with Crippen LogP contribution in [0.1, 0.15) is 10.4 Å². The van der Waals surface area contributed by atoms with Crippen molar-refractivity contribution >= 4 is 27.3 Å². The average Bonchev–Trinajstić information content (AvgIpc) is 2.97. The highest BCUT2D eigenvalue weighted by atomic mass is 32.1. The topological polar surface area (TPSA) is 39.4 Å². The smallest absolute Gasteiger partial charge is 0.227 e. The molecule has 3 rings (SSSR count). The highest BCUT2D eigenvalue weighted by Gasteiger charge is 2.18. The van der Waals surface area contributed by atoms with Crippen molar-refractivity contribution in [2.24, 2.45) is 0 Å². The van der Waals surface area contributed by atoms with Gasteiger partial charge in [0.2, 0.25) is 23.4 Å². The van der Waals surface area contributed by atoms with Crippen LogP contribution in [-0.2, 0) is 6.54 Å². The molecule has 0 N–H and O–H groups in total. The maximum atomic E-state index is 12.5. The van der Waals surface area contributed by atoms with Gasteiger partial charge in [-0.1, -0.05) is 23.5 Å². The van der Waals surface area contributed by atoms with E-state index in [1.807, 2.05) is 28.3 Å². The first-order valence-electron chi connectivity index (χ1n) is 6.84. The molecular formula is C17H16NO3S+. The standard InChI is InChI=1S/C17H16NO3S/c1-20-15-8-7-12(9-16(15)21-2)14(19)10-18-11-22-17-6-4-3-5-13(17)18/h3-9,11H,10H2,1-2H3/q+1. The van der Waals surface area contributed by atoms with Crippen LogP contribution in [0.2, 0.25) is 0 Å². The van der Waals surface area contributed by atoms with E-state index in [2.05, 4.69) is 6.07 Å². The number of hydrogen-bond donors (Lipinski definition) is 0. The van der Waals surface area contributed by atoms with Crippen molar-refractivity contribution in [3.05, 3.63) is 53.5 Å². The van der Waals surface area contributed by atoms with Gasteiger partial charge in [-0.25, -0.2) is 0 Å². The summed E-state index contributed by atoms with van der Waals surface area (Å²) in [6.45, 7) is 0.305. The van der Waals surface area contributed by atoms with Gasteiger partial charge in [-0.2, -0.15) is 4.57 Å². The van der Waals surface area contributed by atoms with Crippen LogP contribution in [0.5, 0.6) is 11.5 Å². The molecule has 5 heteroatoms. The number of carbonyl (C=O) groups is 1. The summed E-state index contributed by atoms with van der Waals surface area (Å²) in [6, 6.07) is 13.3. The number of ether oxygens (including phenoxy) is 2. The number of fused-ring (bicyclic) bond motifs is 1. The minimum atomic E-state index is 0.0366. The molecule has 0 amide bonds. The predicted octanol–water partition coefficient (Wildman–Crippen LogP) is 3.09. The predicted molar refractivity (Wildman–Crippen MR) is 85.9 cm³/mol. The molecule has 0 unspecified atom stereocenters. The van der Waals surface area contributed by atoms with Crippen LogP contribution in [0, 0.1) is 0 Å². The Kier molecular flexibility index (Phi) is 4.06. The number of aromatic nitrogens is 1. The number of carbonyl (C=O) groups excluding carboxylic acids is 1. The minimum absolute atomic E-state index is 0.0366. The number of Topliss-reactive ketones (excluding diaryl/α,β-unsaturated/α-hetero) is 1. The van der Waals surface area contributed by atoms with Crippen molar-refractivity contribution in [1.82, 2.24) is 0 Å². The van der Waals surface area contributed by atoms with Gasteiger partial charge in [-0.3, -0.25) is 4.79 Å². The van der Waals surface area contributed by atoms with Crippen molar-refractivity contribution in [3.63, 3.8) is 0 Å². The molecule has 1 heterocycles. The Morgan fingerprint density at radius 3 is 2.64 bits per heavy atom. The van der Waals surface area contributed by atoms with Crippen LogP contribution in [0.3, 0.4) is 0 Å². The molecule has 4 nitrogen and oxygen atoms in total. The summed E-state index contributed by atoms with van der Waals surface area (Å²) in [5.74, 6) is 1.22. The number of nitrogens with zero attached hydrogens (tertiary/aromatic N) is 1. The van der Waals surface area contributed by atoms with E-state index in [0.29, 0.717) is 23.6 Å². The molecule has 22 heavy (non-hydrogen) atoms. The Morgan fingerprint density at radius 2 is 1.86 bits per heavy atom. The van der Waals surface area contributed by atoms with Crippen LogP contribution in [0.15, 0.2) is 48.0 Å². The molecule has 2 aromatic carbocycles. The van der Waals surface area contributed by atoms with Gasteiger partial charge in [0, 0.05) is 11.6 Å². The van der Waals surface area contributed by atoms with E-state index < -0.39 is 0 Å². The monoisotopic (exact) mass is 314 g/mol. The Bertz CT molecular complexity index is 826. The third-order valence-electron chi connectivity index (χ3n) is 3.50. The molecular weight excluding hydrogens is 298 g/mol. The van der Waals surface area contributed by atoms with E-state index in [1.54, 1.807) is 43.8 Å². The van der Waals surface area contributed by atoms with Gasteiger partial charge in [-0.15, -0.1) is 0 Å². The van der Waals surface area contributed by atoms with Crippen molar-refractivity contribution in [3.8, 4) is 11.5 Å². The van der Waals surface area contributed by atoms with E-state index in [4.69, 9.17) is 9.47 Å². The van der Waals surface area contributed by atoms with Gasteiger partial charge in [0.05, 0.1) is 14.2 Å². The van der Waals surface area contributed by atoms with E-state index in [-0.39, 0.29) is 5.78 Å². The number of rotatable bonds is 5. The Morgan fingerprint density at radius 1 is 1.09 bits per heavy atom. The van der Waals surface area contributed by atoms with Crippen molar-refractivity contribution in [2.75, 3.05) is 14.2 Å². The first-order chi connectivity index (χ1) is 10.7. The number of benzene rings is 2. The first kappa shape index (κ1) is 14.5. The zero-order chi connectivity index (χ0) is 15.5. The Labute approximate surface area is 132 Å². The van der Waals surface area contributed by atoms with Gasteiger partial charge in [0.25, 0.3) is 0 Å². The fourth-order valence-electron chi connectivity index (χ4n) is 2.35. The molecule has 0 saturated carbocycles. The second kappa shape index (κ2) is 6.15. The molecule has 3 aromatic rings. The minimum Gasteiger partial charge on any atom is -0.493 e. The molecule has 0 radical (unpaired) electrons. The van der Waals surface area contributed by atoms with E-state index in [1.165, 1.54) is 4.70 Å². The Hall–Kier alpha value is -2.40. The largest absolute Gasteiger partial charge is 0.493 e. The first-order valence-corrected chi connectivity index (χ1v) is 7.72. The molecule has 0 fully saturated rings. The second-order valence-electron chi connectivity index (χ2n) is 4.81. The summed E-state index contributed by atoms with van der Waals surface area (Å²) in [5.41, 5.74) is 3.66. The molecule has 0 bridgehead atoms. The molecule has 0 atom stereocenters. The molecule has 0 spiro atoms. The van der Waals surface area contributed by atoms with Crippen LogP contribution in [-0.4, -0.2) is 20.0 Å². The third-order valence-corrected chi connectivity index (χ3v) is 4.46. The fourth-order valence-corrected chi connectivity index (χ4v) is 3.24. The normalized spacial score (nSPS) is 10.6. The lowest BCUT2D eigenvalue weighted by Gasteiger charge is -2.08. The lowest BCUT2D eigenvalue weighted by atomic mass is 10.1. The SMILES string of the molecule is COc1ccc(C(=O)C[n+]2csc3ccccc32)cc1OC. The van der Waals surface area contributed by atoms with Gasteiger partial charge < -0.3 is 9.47 Å². The summed E-state index contributed by atoms with van der Waals surface area (Å²) in [7, 11) is 3.14. The number of thiazole rings is 1. The van der Waals surface area contributed by atoms with E-state index in [9.17, 15) is 4.79 Å². The number of methoxy groups -OCH3 is 2. The quantitative estimate of drug-likeness (QED) is 0.537. The summed E-state index contributed by atoms with van der Waals surface area (Å²) in [4.78, 5) is 12.5. The van der Waals surface area contributed by atoms with Crippen molar-refractivity contribution < 1.29 is 18.8 Å². The highest BCUT2D eigenvalue weighted by Crippen LogP contribution is 2.27. The van der Waals surface area contributed by atoms with Gasteiger partial charge in [0.1, 0.15) is 4.70 Å². The summed E-state index contributed by atoms with van der Waals surface area (Å²) in [5, 5.41) is 0. The molecule has 0 saturated heterocycles. The summed E-state index contributed by atoms with van der Waals surface area (Å²) < 4.78 is 13.6. The van der Waals surface area contributed by atoms with Crippen LogP contribution >= 0.6 is 11.3 Å². The molecule has 0 aliphatic rings. The van der Waals surface area contributed by atoms with Crippen LogP contribution < -0.4 is 14.0 Å². The fraction of sp³-hybridized carbons (Fsp3) is 0.176. The highest BCUT2D eigenvalue weighted by molar-refractivity contribution is 7.16. The molecule has 0 aliphatic carbocycles. The van der Waals surface area contributed by atoms with Gasteiger partial charge in [-0.05, 0) is 24.3 Å². The van der Waals surface area contributed by atoms with Gasteiger partial charge in [0.15, 0.2) is 11.5 Å². The van der Waals surface area contributed by atoms with Crippen molar-refractivity contribution in [2.45, 2.75) is 6.54 Å². The lowest BCUT2D eigenvalue weighted by Crippen LogP contribution is -2.36. The third kappa shape index (κ3) is 2.67. The van der Waals surface area contributed by atoms with Gasteiger partial charge >= 0.3 is 0 Å². The maximum Gasteiger partial charge on any atom is 0.227 e. The number of ketones is 1. The Balaban J connectivity index is 1.88. The van der Waals surface area contributed by atoms with Crippen molar-refractivity contribution in [1.29, 1.82) is 0 Å². The van der Waals surface area contributed by atoms with Crippen LogP contribution in [0.4, 0.5) is 0 Å². The van der Waals surface area contributed by atoms with E-state index in [0.717, 1.165) is 5.52 Å². The molecule has 112 valence electrons. The zero-order valence-corrected chi connectivity index (χ0v) is 13.2. The maximum absolute atomic E-state index is 12.5.